The molecule has 0 bridgehead atoms. The summed E-state index contributed by atoms with van der Waals surface area (Å²) in [5, 5.41) is 0. The second kappa shape index (κ2) is 7.39. The molecule has 0 spiro atoms. The molecule has 2 atom stereocenters. The van der Waals surface area contributed by atoms with Crippen LogP contribution in [0.3, 0.4) is 0 Å². The molecule has 0 fully saturated rings. The maximum Gasteiger partial charge on any atom is 0.123 e. The number of nitrogens with zero attached hydrogens (tertiary/aromatic N) is 1. The van der Waals surface area contributed by atoms with Gasteiger partial charge in [0.2, 0.25) is 0 Å². The van der Waals surface area contributed by atoms with Crippen molar-refractivity contribution < 1.29 is 4.74 Å². The molecular formula is C15H26N2O. The van der Waals surface area contributed by atoms with Gasteiger partial charge in [0.25, 0.3) is 0 Å². The van der Waals surface area contributed by atoms with E-state index in [1.54, 1.807) is 7.11 Å². The van der Waals surface area contributed by atoms with Gasteiger partial charge in [-0.3, -0.25) is 0 Å². The number of rotatable bonds is 7. The Morgan fingerprint density at radius 3 is 2.61 bits per heavy atom. The Labute approximate surface area is 111 Å². The first-order valence-electron chi connectivity index (χ1n) is 6.68. The van der Waals surface area contributed by atoms with Gasteiger partial charge in [0.15, 0.2) is 0 Å². The van der Waals surface area contributed by atoms with Gasteiger partial charge in [-0.15, -0.1) is 0 Å². The zero-order valence-corrected chi connectivity index (χ0v) is 12.0. The summed E-state index contributed by atoms with van der Waals surface area (Å²) in [6.07, 6.45) is 2.41. The van der Waals surface area contributed by atoms with Gasteiger partial charge in [-0.2, -0.15) is 0 Å². The Kier molecular flexibility index (Phi) is 6.16. The summed E-state index contributed by atoms with van der Waals surface area (Å²) in [5.41, 5.74) is 7.36. The Bertz CT molecular complexity index is 354. The summed E-state index contributed by atoms with van der Waals surface area (Å²) in [6.45, 7) is 5.31. The van der Waals surface area contributed by atoms with Crippen LogP contribution >= 0.6 is 0 Å². The number of nitrogens with two attached hydrogens (primary N) is 1. The fourth-order valence-electron chi connectivity index (χ4n) is 2.20. The van der Waals surface area contributed by atoms with Crippen LogP contribution in [-0.4, -0.2) is 31.6 Å². The molecule has 2 unspecified atom stereocenters. The van der Waals surface area contributed by atoms with Crippen LogP contribution in [-0.2, 0) is 0 Å². The lowest BCUT2D eigenvalue weighted by Gasteiger charge is -2.28. The van der Waals surface area contributed by atoms with Gasteiger partial charge in [-0.25, -0.2) is 0 Å². The van der Waals surface area contributed by atoms with E-state index in [2.05, 4.69) is 25.8 Å². The van der Waals surface area contributed by atoms with Crippen molar-refractivity contribution in [2.45, 2.75) is 38.8 Å². The molecule has 0 aliphatic carbocycles. The average molecular weight is 250 g/mol. The summed E-state index contributed by atoms with van der Waals surface area (Å²) in [4.78, 5) is 2.32. The number of methoxy groups -OCH3 is 1. The van der Waals surface area contributed by atoms with E-state index in [0.29, 0.717) is 6.04 Å². The SMILES string of the molecule is CCCC(C)N(C)CC(N)c1ccccc1OC. The highest BCUT2D eigenvalue weighted by molar-refractivity contribution is 5.35. The third-order valence-corrected chi connectivity index (χ3v) is 3.48. The van der Waals surface area contributed by atoms with Gasteiger partial charge in [-0.05, 0) is 26.5 Å². The third kappa shape index (κ3) is 4.00. The average Bonchev–Trinajstić information content (AvgIpc) is 2.38. The molecule has 3 heteroatoms. The highest BCUT2D eigenvalue weighted by Crippen LogP contribution is 2.24. The molecule has 3 nitrogen and oxygen atoms in total. The molecule has 1 rings (SSSR count). The van der Waals surface area contributed by atoms with E-state index in [4.69, 9.17) is 10.5 Å². The molecule has 0 heterocycles. The molecule has 0 aliphatic heterocycles. The van der Waals surface area contributed by atoms with E-state index in [9.17, 15) is 0 Å². The quantitative estimate of drug-likeness (QED) is 0.808. The maximum absolute atomic E-state index is 6.28. The molecule has 2 N–H and O–H groups in total. The molecule has 0 radical (unpaired) electrons. The van der Waals surface area contributed by atoms with Crippen molar-refractivity contribution in [2.75, 3.05) is 20.7 Å². The molecule has 102 valence electrons. The van der Waals surface area contributed by atoms with E-state index in [1.807, 2.05) is 24.3 Å². The van der Waals surface area contributed by atoms with Crippen molar-refractivity contribution in [1.82, 2.24) is 4.90 Å². The predicted molar refractivity (Wildman–Crippen MR) is 76.9 cm³/mol. The fourth-order valence-corrected chi connectivity index (χ4v) is 2.20. The first-order valence-corrected chi connectivity index (χ1v) is 6.68. The number of para-hydroxylation sites is 1. The number of benzene rings is 1. The van der Waals surface area contributed by atoms with Crippen LogP contribution in [0.4, 0.5) is 0 Å². The summed E-state index contributed by atoms with van der Waals surface area (Å²) in [7, 11) is 3.82. The first kappa shape index (κ1) is 15.0. The summed E-state index contributed by atoms with van der Waals surface area (Å²) in [5.74, 6) is 0.876. The van der Waals surface area contributed by atoms with Crippen molar-refractivity contribution in [3.05, 3.63) is 29.8 Å². The second-order valence-corrected chi connectivity index (χ2v) is 4.93. The summed E-state index contributed by atoms with van der Waals surface area (Å²) < 4.78 is 5.36. The minimum Gasteiger partial charge on any atom is -0.496 e. The molecule has 1 aromatic rings. The zero-order chi connectivity index (χ0) is 13.5. The van der Waals surface area contributed by atoms with Crippen LogP contribution in [0.1, 0.15) is 38.3 Å². The number of ether oxygens (including phenoxy) is 1. The van der Waals surface area contributed by atoms with Crippen LogP contribution in [0.5, 0.6) is 5.75 Å². The van der Waals surface area contributed by atoms with E-state index >= 15 is 0 Å². The minimum atomic E-state index is -0.00884. The Balaban J connectivity index is 2.67. The molecule has 1 aromatic carbocycles. The molecule has 18 heavy (non-hydrogen) atoms. The van der Waals surface area contributed by atoms with Gasteiger partial charge < -0.3 is 15.4 Å². The van der Waals surface area contributed by atoms with Gasteiger partial charge in [-0.1, -0.05) is 31.5 Å². The van der Waals surface area contributed by atoms with E-state index in [1.165, 1.54) is 12.8 Å². The zero-order valence-electron chi connectivity index (χ0n) is 12.0. The van der Waals surface area contributed by atoms with E-state index < -0.39 is 0 Å². The van der Waals surface area contributed by atoms with Gasteiger partial charge >= 0.3 is 0 Å². The topological polar surface area (TPSA) is 38.5 Å². The van der Waals surface area contributed by atoms with Gasteiger partial charge in [0.05, 0.1) is 7.11 Å². The van der Waals surface area contributed by atoms with Crippen molar-refractivity contribution >= 4 is 0 Å². The Hall–Kier alpha value is -1.06. The van der Waals surface area contributed by atoms with Gasteiger partial charge in [0.1, 0.15) is 5.75 Å². The monoisotopic (exact) mass is 250 g/mol. The normalized spacial score (nSPS) is 14.6. The Morgan fingerprint density at radius 1 is 1.33 bits per heavy atom. The van der Waals surface area contributed by atoms with Crippen LogP contribution in [0.25, 0.3) is 0 Å². The molecule has 0 amide bonds. The standard InChI is InChI=1S/C15H26N2O/c1-5-8-12(2)17(3)11-14(16)13-9-6-7-10-15(13)18-4/h6-7,9-10,12,14H,5,8,11,16H2,1-4H3. The summed E-state index contributed by atoms with van der Waals surface area (Å²) >= 11 is 0. The smallest absolute Gasteiger partial charge is 0.123 e. The fraction of sp³-hybridized carbons (Fsp3) is 0.600. The predicted octanol–water partition coefficient (Wildman–Crippen LogP) is 2.82. The molecule has 0 aromatic heterocycles. The van der Waals surface area contributed by atoms with Crippen LogP contribution in [0.15, 0.2) is 24.3 Å². The summed E-state index contributed by atoms with van der Waals surface area (Å²) in [6, 6.07) is 8.54. The van der Waals surface area contributed by atoms with Crippen LogP contribution in [0, 0.1) is 0 Å². The first-order chi connectivity index (χ1) is 8.60. The van der Waals surface area contributed by atoms with Crippen LogP contribution in [0.2, 0.25) is 0 Å². The number of hydrogen-bond acceptors (Lipinski definition) is 3. The van der Waals surface area contributed by atoms with Crippen molar-refractivity contribution in [1.29, 1.82) is 0 Å². The van der Waals surface area contributed by atoms with Crippen molar-refractivity contribution in [3.8, 4) is 5.75 Å². The lowest BCUT2D eigenvalue weighted by Crippen LogP contribution is -2.35. The largest absolute Gasteiger partial charge is 0.496 e. The second-order valence-electron chi connectivity index (χ2n) is 4.93. The maximum atomic E-state index is 6.28. The lowest BCUT2D eigenvalue weighted by atomic mass is 10.0. The van der Waals surface area contributed by atoms with Crippen molar-refractivity contribution in [2.24, 2.45) is 5.73 Å². The number of likely N-dealkylation sites (N-methyl/N-ethyl adjacent to an activating group) is 1. The van der Waals surface area contributed by atoms with Crippen LogP contribution < -0.4 is 10.5 Å². The molecule has 0 aliphatic rings. The third-order valence-electron chi connectivity index (χ3n) is 3.48. The minimum absolute atomic E-state index is 0.00884. The van der Waals surface area contributed by atoms with Crippen molar-refractivity contribution in [3.63, 3.8) is 0 Å². The molecular weight excluding hydrogens is 224 g/mol. The van der Waals surface area contributed by atoms with Gasteiger partial charge in [0, 0.05) is 24.2 Å². The highest BCUT2D eigenvalue weighted by atomic mass is 16.5. The molecule has 0 saturated carbocycles. The number of hydrogen-bond donors (Lipinski definition) is 1. The Morgan fingerprint density at radius 2 is 2.00 bits per heavy atom. The van der Waals surface area contributed by atoms with E-state index in [-0.39, 0.29) is 6.04 Å². The van der Waals surface area contributed by atoms with E-state index in [0.717, 1.165) is 17.9 Å². The highest BCUT2D eigenvalue weighted by Gasteiger charge is 2.16. The lowest BCUT2D eigenvalue weighted by molar-refractivity contribution is 0.230. The molecule has 0 saturated heterocycles.